The first-order chi connectivity index (χ1) is 22.3. The molecule has 0 bridgehead atoms. The van der Waals surface area contributed by atoms with Crippen LogP contribution in [0.15, 0.2) is 0 Å². The maximum absolute atomic E-state index is 14.6. The molecule has 48 heavy (non-hydrogen) atoms. The number of amides is 1. The molecule has 3 heterocycles. The van der Waals surface area contributed by atoms with Crippen molar-refractivity contribution in [3.05, 3.63) is 0 Å². The molecule has 3 rings (SSSR count). The van der Waals surface area contributed by atoms with Crippen molar-refractivity contribution < 1.29 is 106 Å². The number of hydrogen-bond acceptors (Lipinski definition) is 21. The Balaban J connectivity index is 2.45. The molecule has 0 saturated carbocycles. The van der Waals surface area contributed by atoms with Gasteiger partial charge in [-0.15, -0.1) is 0 Å². The molecule has 280 valence electrons. The van der Waals surface area contributed by atoms with Crippen molar-refractivity contribution in [1.82, 2.24) is 5.32 Å². The van der Waals surface area contributed by atoms with Crippen LogP contribution in [0.25, 0.3) is 0 Å². The van der Waals surface area contributed by atoms with Crippen LogP contribution in [0.4, 0.5) is 0 Å². The fourth-order valence-corrected chi connectivity index (χ4v) is 6.44. The van der Waals surface area contributed by atoms with E-state index in [0.29, 0.717) is 0 Å². The largest absolute Gasteiger partial charge is 0.394 e. The summed E-state index contributed by atoms with van der Waals surface area (Å²) in [6.07, 6.45) is -38.8. The lowest BCUT2D eigenvalue weighted by Crippen LogP contribution is -2.86. The number of rotatable bonds is 12. The van der Waals surface area contributed by atoms with Crippen molar-refractivity contribution in [3.63, 3.8) is 0 Å². The third kappa shape index (κ3) is 6.73. The van der Waals surface area contributed by atoms with Gasteiger partial charge in [0.2, 0.25) is 11.7 Å². The number of carbonyl (C=O) groups excluding carboxylic acids is 2. The average Bonchev–Trinajstić information content (AvgIpc) is 3.06. The summed E-state index contributed by atoms with van der Waals surface area (Å²) in [6.45, 7) is -4.23. The lowest BCUT2D eigenvalue weighted by atomic mass is 9.62. The molecule has 3 saturated heterocycles. The molecule has 0 aromatic heterocycles. The maximum Gasteiger partial charge on any atom is 0.217 e. The summed E-state index contributed by atoms with van der Waals surface area (Å²) in [6, 6.07) is -2.28. The average molecular weight is 708 g/mol. The van der Waals surface area contributed by atoms with Gasteiger partial charge in [-0.2, -0.15) is 0 Å². The topological polar surface area (TPSA) is 398 Å². The Morgan fingerprint density at radius 3 is 1.54 bits per heavy atom. The minimum absolute atomic E-state index is 0.834. The van der Waals surface area contributed by atoms with Crippen molar-refractivity contribution in [2.75, 3.05) is 26.4 Å². The van der Waals surface area contributed by atoms with Gasteiger partial charge in [-0.05, 0) is 0 Å². The highest BCUT2D eigenvalue weighted by Gasteiger charge is 2.75. The van der Waals surface area contributed by atoms with E-state index in [0.717, 1.165) is 6.92 Å². The first kappa shape index (κ1) is 40.8. The molecule has 3 fully saturated rings. The molecular formula is C26H45NO21. The van der Waals surface area contributed by atoms with E-state index in [1.807, 2.05) is 5.32 Å². The van der Waals surface area contributed by atoms with Crippen LogP contribution >= 0.6 is 0 Å². The zero-order chi connectivity index (χ0) is 36.6. The van der Waals surface area contributed by atoms with E-state index in [4.69, 9.17) is 14.2 Å². The first-order valence-corrected chi connectivity index (χ1v) is 14.8. The van der Waals surface area contributed by atoms with Crippen LogP contribution in [0.2, 0.25) is 0 Å². The van der Waals surface area contributed by atoms with Gasteiger partial charge in [0.15, 0.2) is 11.2 Å². The Morgan fingerprint density at radius 1 is 0.646 bits per heavy atom. The van der Waals surface area contributed by atoms with Gasteiger partial charge in [-0.25, -0.2) is 0 Å². The number of carbonyl (C=O) groups is 2. The third-order valence-electron chi connectivity index (χ3n) is 9.17. The van der Waals surface area contributed by atoms with E-state index < -0.39 is 153 Å². The number of Topliss-reactive ketones (excluding diaryl/α,β-unsaturated/α-hetero) is 1. The fourth-order valence-electron chi connectivity index (χ4n) is 6.44. The molecule has 22 nitrogen and oxygen atoms in total. The standard InChI is InChI=1S/C26H45NO21/c1-6(32)27-11-15(37)12(34)9(4-30)47-23(11)26(45,22(43)20-18(40)16(38)13(35)8(3-29)46-20)25(44,21(42)7(33)2-28)24-19(41)17(39)14(36)10(5-31)48-24/h7-21,23-24,28-31,33-42,44-45H,2-5H2,1H3,(H,27,32)/t7-,8-,9-,10-,11-,12+,13+,14+,15-,16+,17+,18-,19-,20?,21-,23?,24?,25-,26-/m1/s1. The molecule has 17 N–H and O–H groups in total. The molecule has 0 aromatic carbocycles. The summed E-state index contributed by atoms with van der Waals surface area (Å²) in [7, 11) is 0. The molecule has 22 heteroatoms. The zero-order valence-electron chi connectivity index (χ0n) is 25.3. The molecule has 3 unspecified atom stereocenters. The summed E-state index contributed by atoms with van der Waals surface area (Å²) in [5, 5.41) is 173. The molecular weight excluding hydrogens is 662 g/mol. The summed E-state index contributed by atoms with van der Waals surface area (Å²) in [5.74, 6) is -3.21. The summed E-state index contributed by atoms with van der Waals surface area (Å²) in [4.78, 5) is 26.9. The lowest BCUT2D eigenvalue weighted by molar-refractivity contribution is -0.349. The Bertz CT molecular complexity index is 1100. The number of hydrogen-bond donors (Lipinski definition) is 17. The maximum atomic E-state index is 14.6. The zero-order valence-corrected chi connectivity index (χ0v) is 25.3. The highest BCUT2D eigenvalue weighted by Crippen LogP contribution is 2.46. The molecule has 0 radical (unpaired) electrons. The summed E-state index contributed by atoms with van der Waals surface area (Å²) in [5.41, 5.74) is -8.42. The molecule has 0 aromatic rings. The smallest absolute Gasteiger partial charge is 0.217 e. The van der Waals surface area contributed by atoms with Gasteiger partial charge in [0.05, 0.1) is 32.5 Å². The Kier molecular flexibility index (Phi) is 13.4. The van der Waals surface area contributed by atoms with Crippen LogP contribution in [0.5, 0.6) is 0 Å². The molecule has 3 aliphatic heterocycles. The number of ketones is 1. The fraction of sp³-hybridized carbons (Fsp3) is 0.923. The third-order valence-corrected chi connectivity index (χ3v) is 9.17. The second-order valence-electron chi connectivity index (χ2n) is 12.1. The predicted octanol–water partition coefficient (Wildman–Crippen LogP) is -11.6. The summed E-state index contributed by atoms with van der Waals surface area (Å²) < 4.78 is 16.1. The van der Waals surface area contributed by atoms with Crippen molar-refractivity contribution in [1.29, 1.82) is 0 Å². The SMILES string of the molecule is CC(=O)N[C@H]1C([C@](O)(C(=O)C2O[C@H](CO)[C@H](O)[C@H](O)[C@H]2O)[C@](O)(C2O[C@H](CO)[C@H](O)[C@H](O)[C@H]2O)[C@H](O)[C@H](O)CO)O[C@H](CO)[C@H](O)[C@@H]1O. The van der Waals surface area contributed by atoms with E-state index >= 15 is 0 Å². The summed E-state index contributed by atoms with van der Waals surface area (Å²) >= 11 is 0. The van der Waals surface area contributed by atoms with Crippen LogP contribution in [0.1, 0.15) is 6.92 Å². The second kappa shape index (κ2) is 15.7. The minimum Gasteiger partial charge on any atom is -0.394 e. The van der Waals surface area contributed by atoms with E-state index in [-0.39, 0.29) is 0 Å². The Labute approximate surface area is 271 Å². The highest BCUT2D eigenvalue weighted by atomic mass is 16.6. The van der Waals surface area contributed by atoms with E-state index in [1.54, 1.807) is 0 Å². The number of ether oxygens (including phenoxy) is 3. The predicted molar refractivity (Wildman–Crippen MR) is 147 cm³/mol. The van der Waals surface area contributed by atoms with Crippen molar-refractivity contribution >= 4 is 11.7 Å². The van der Waals surface area contributed by atoms with E-state index in [9.17, 15) is 91.3 Å². The molecule has 0 spiro atoms. The molecule has 3 aliphatic rings. The highest BCUT2D eigenvalue weighted by molar-refractivity contribution is 5.94. The van der Waals surface area contributed by atoms with Gasteiger partial charge < -0.3 is 101 Å². The molecule has 0 aliphatic carbocycles. The van der Waals surface area contributed by atoms with Crippen LogP contribution in [0, 0.1) is 0 Å². The van der Waals surface area contributed by atoms with Crippen molar-refractivity contribution in [3.8, 4) is 0 Å². The monoisotopic (exact) mass is 707 g/mol. The van der Waals surface area contributed by atoms with Gasteiger partial charge in [-0.1, -0.05) is 0 Å². The van der Waals surface area contributed by atoms with Crippen molar-refractivity contribution in [2.24, 2.45) is 0 Å². The number of nitrogens with one attached hydrogen (secondary N) is 1. The van der Waals surface area contributed by atoms with Crippen LogP contribution in [-0.4, -0.2) is 235 Å². The second-order valence-corrected chi connectivity index (χ2v) is 12.1. The lowest BCUT2D eigenvalue weighted by Gasteiger charge is -2.59. The number of aliphatic hydroxyl groups excluding tert-OH is 14. The van der Waals surface area contributed by atoms with Crippen LogP contribution < -0.4 is 5.32 Å². The molecule has 1 amide bonds. The van der Waals surface area contributed by atoms with Gasteiger partial charge >= 0.3 is 0 Å². The van der Waals surface area contributed by atoms with E-state index in [2.05, 4.69) is 0 Å². The van der Waals surface area contributed by atoms with Crippen molar-refractivity contribution in [2.45, 2.75) is 122 Å². The van der Waals surface area contributed by atoms with Gasteiger partial charge in [0.1, 0.15) is 97.7 Å². The van der Waals surface area contributed by atoms with Gasteiger partial charge in [-0.3, -0.25) is 9.59 Å². The first-order valence-electron chi connectivity index (χ1n) is 14.8. The van der Waals surface area contributed by atoms with Crippen LogP contribution in [-0.2, 0) is 23.8 Å². The minimum atomic E-state index is -4.26. The van der Waals surface area contributed by atoms with Gasteiger partial charge in [0.25, 0.3) is 0 Å². The number of aliphatic hydroxyl groups is 16. The quantitative estimate of drug-likeness (QED) is 0.0895. The molecule has 19 atom stereocenters. The van der Waals surface area contributed by atoms with E-state index in [1.165, 1.54) is 0 Å². The Hall–Kier alpha value is -1.62. The Morgan fingerprint density at radius 2 is 1.08 bits per heavy atom. The van der Waals surface area contributed by atoms with Gasteiger partial charge in [0, 0.05) is 6.92 Å². The van der Waals surface area contributed by atoms with Crippen LogP contribution in [0.3, 0.4) is 0 Å². The normalized spacial score (nSPS) is 44.6.